The van der Waals surface area contributed by atoms with Crippen LogP contribution in [0.3, 0.4) is 0 Å². The smallest absolute Gasteiger partial charge is 0.00928 e. The first kappa shape index (κ1) is 15.3. The van der Waals surface area contributed by atoms with E-state index in [9.17, 15) is 0 Å². The minimum absolute atomic E-state index is 0.494. The van der Waals surface area contributed by atoms with Gasteiger partial charge >= 0.3 is 0 Å². The molecular weight excluding hydrogens is 232 g/mol. The summed E-state index contributed by atoms with van der Waals surface area (Å²) in [4.78, 5) is 2.77. The number of nitrogens with zero attached hydrogens (tertiary/aromatic N) is 1. The summed E-state index contributed by atoms with van der Waals surface area (Å²) >= 11 is 0. The van der Waals surface area contributed by atoms with Crippen molar-refractivity contribution in [2.24, 2.45) is 11.3 Å². The minimum Gasteiger partial charge on any atom is -0.313 e. The zero-order valence-corrected chi connectivity index (χ0v) is 13.5. The lowest BCUT2D eigenvalue weighted by atomic mass is 9.79. The molecule has 2 fully saturated rings. The number of hydrogen-bond donors (Lipinski definition) is 1. The number of nitrogens with one attached hydrogen (secondary N) is 1. The van der Waals surface area contributed by atoms with Crippen molar-refractivity contribution in [3.8, 4) is 0 Å². The van der Waals surface area contributed by atoms with Crippen molar-refractivity contribution in [3.63, 3.8) is 0 Å². The van der Waals surface area contributed by atoms with Gasteiger partial charge in [-0.2, -0.15) is 0 Å². The second-order valence-electron chi connectivity index (χ2n) is 7.19. The van der Waals surface area contributed by atoms with Gasteiger partial charge in [-0.05, 0) is 63.3 Å². The molecule has 0 amide bonds. The second kappa shape index (κ2) is 6.58. The van der Waals surface area contributed by atoms with Crippen molar-refractivity contribution in [2.45, 2.75) is 78.3 Å². The lowest BCUT2D eigenvalue weighted by Crippen LogP contribution is -2.50. The van der Waals surface area contributed by atoms with Crippen LogP contribution in [0, 0.1) is 11.3 Å². The second-order valence-corrected chi connectivity index (χ2v) is 7.19. The van der Waals surface area contributed by atoms with Gasteiger partial charge in [0, 0.05) is 25.2 Å². The molecule has 1 aliphatic carbocycles. The first-order valence-electron chi connectivity index (χ1n) is 8.57. The molecule has 2 aliphatic rings. The van der Waals surface area contributed by atoms with Gasteiger partial charge in [-0.1, -0.05) is 20.8 Å². The van der Waals surface area contributed by atoms with Crippen molar-refractivity contribution in [3.05, 3.63) is 0 Å². The van der Waals surface area contributed by atoms with Crippen LogP contribution in [0.2, 0.25) is 0 Å². The SMILES string of the molecule is CCC(CC)(CNC1CC1)CN1CCCC(C)C1C. The predicted octanol–water partition coefficient (Wildman–Crippen LogP) is 3.67. The summed E-state index contributed by atoms with van der Waals surface area (Å²) in [5.74, 6) is 0.872. The Morgan fingerprint density at radius 2 is 1.79 bits per heavy atom. The van der Waals surface area contributed by atoms with E-state index in [0.717, 1.165) is 18.0 Å². The van der Waals surface area contributed by atoms with E-state index in [-0.39, 0.29) is 0 Å². The molecule has 0 aromatic carbocycles. The Kier molecular flexibility index (Phi) is 5.30. The third-order valence-corrected chi connectivity index (χ3v) is 5.89. The van der Waals surface area contributed by atoms with Gasteiger partial charge in [0.05, 0.1) is 0 Å². The average molecular weight is 266 g/mol. The Balaban J connectivity index is 1.93. The number of rotatable bonds is 7. The fourth-order valence-electron chi connectivity index (χ4n) is 3.50. The van der Waals surface area contributed by atoms with Crippen molar-refractivity contribution in [1.29, 1.82) is 0 Å². The molecular formula is C17H34N2. The highest BCUT2D eigenvalue weighted by molar-refractivity contribution is 4.90. The van der Waals surface area contributed by atoms with E-state index in [1.54, 1.807) is 0 Å². The predicted molar refractivity (Wildman–Crippen MR) is 83.5 cm³/mol. The quantitative estimate of drug-likeness (QED) is 0.756. The van der Waals surface area contributed by atoms with E-state index < -0.39 is 0 Å². The molecule has 0 bridgehead atoms. The largest absolute Gasteiger partial charge is 0.313 e. The van der Waals surface area contributed by atoms with E-state index in [1.165, 1.54) is 58.2 Å². The van der Waals surface area contributed by atoms with Crippen LogP contribution in [0.4, 0.5) is 0 Å². The number of hydrogen-bond acceptors (Lipinski definition) is 2. The Bertz CT molecular complexity index is 268. The first-order chi connectivity index (χ1) is 9.10. The molecule has 0 aromatic rings. The lowest BCUT2D eigenvalue weighted by Gasteiger charge is -2.44. The minimum atomic E-state index is 0.494. The molecule has 1 saturated carbocycles. The van der Waals surface area contributed by atoms with Crippen molar-refractivity contribution < 1.29 is 0 Å². The Hall–Kier alpha value is -0.0800. The van der Waals surface area contributed by atoms with Gasteiger partial charge in [-0.3, -0.25) is 4.90 Å². The van der Waals surface area contributed by atoms with Gasteiger partial charge in [-0.15, -0.1) is 0 Å². The summed E-state index contributed by atoms with van der Waals surface area (Å²) in [5.41, 5.74) is 0.494. The fourth-order valence-corrected chi connectivity index (χ4v) is 3.50. The van der Waals surface area contributed by atoms with Gasteiger partial charge < -0.3 is 5.32 Å². The maximum Gasteiger partial charge on any atom is 0.00928 e. The highest BCUT2D eigenvalue weighted by Crippen LogP contribution is 2.32. The first-order valence-corrected chi connectivity index (χ1v) is 8.57. The standard InChI is InChI=1S/C17H34N2/c1-5-17(6-2,12-18-16-9-10-16)13-19-11-7-8-14(3)15(19)4/h14-16,18H,5-13H2,1-4H3. The van der Waals surface area contributed by atoms with E-state index in [1.807, 2.05) is 0 Å². The van der Waals surface area contributed by atoms with E-state index in [0.29, 0.717) is 5.41 Å². The van der Waals surface area contributed by atoms with Crippen LogP contribution in [0.5, 0.6) is 0 Å². The maximum absolute atomic E-state index is 3.79. The molecule has 2 heteroatoms. The summed E-state index contributed by atoms with van der Waals surface area (Å²) in [6, 6.07) is 1.61. The van der Waals surface area contributed by atoms with Gasteiger partial charge in [0.25, 0.3) is 0 Å². The van der Waals surface area contributed by atoms with Crippen LogP contribution in [0.15, 0.2) is 0 Å². The highest BCUT2D eigenvalue weighted by atomic mass is 15.2. The van der Waals surface area contributed by atoms with Gasteiger partial charge in [-0.25, -0.2) is 0 Å². The van der Waals surface area contributed by atoms with Crippen molar-refractivity contribution in [2.75, 3.05) is 19.6 Å². The molecule has 0 spiro atoms. The summed E-state index contributed by atoms with van der Waals surface area (Å²) in [6.45, 7) is 13.5. The van der Waals surface area contributed by atoms with Crippen LogP contribution in [0.25, 0.3) is 0 Å². The lowest BCUT2D eigenvalue weighted by molar-refractivity contribution is 0.0539. The third-order valence-electron chi connectivity index (χ3n) is 5.89. The van der Waals surface area contributed by atoms with Crippen molar-refractivity contribution >= 4 is 0 Å². The van der Waals surface area contributed by atoms with Gasteiger partial charge in [0.1, 0.15) is 0 Å². The zero-order chi connectivity index (χ0) is 13.9. The fraction of sp³-hybridized carbons (Fsp3) is 1.00. The molecule has 2 atom stereocenters. The van der Waals surface area contributed by atoms with Gasteiger partial charge in [0.2, 0.25) is 0 Å². The number of likely N-dealkylation sites (tertiary alicyclic amines) is 1. The molecule has 2 rings (SSSR count). The monoisotopic (exact) mass is 266 g/mol. The molecule has 1 N–H and O–H groups in total. The molecule has 0 radical (unpaired) electrons. The van der Waals surface area contributed by atoms with E-state index in [4.69, 9.17) is 0 Å². The summed E-state index contributed by atoms with van der Waals surface area (Å²) in [5, 5.41) is 3.79. The molecule has 19 heavy (non-hydrogen) atoms. The Labute approximate surface area is 120 Å². The van der Waals surface area contributed by atoms with E-state index >= 15 is 0 Å². The van der Waals surface area contributed by atoms with Crippen LogP contribution >= 0.6 is 0 Å². The third kappa shape index (κ3) is 3.95. The molecule has 1 saturated heterocycles. The Morgan fingerprint density at radius 3 is 2.37 bits per heavy atom. The molecule has 1 aliphatic heterocycles. The highest BCUT2D eigenvalue weighted by Gasteiger charge is 2.34. The molecule has 2 nitrogen and oxygen atoms in total. The molecule has 0 aromatic heterocycles. The topological polar surface area (TPSA) is 15.3 Å². The maximum atomic E-state index is 3.79. The average Bonchev–Trinajstić information content (AvgIpc) is 3.24. The van der Waals surface area contributed by atoms with Crippen LogP contribution in [0.1, 0.15) is 66.2 Å². The normalized spacial score (nSPS) is 29.7. The molecule has 1 heterocycles. The van der Waals surface area contributed by atoms with Crippen LogP contribution in [-0.4, -0.2) is 36.6 Å². The zero-order valence-electron chi connectivity index (χ0n) is 13.5. The molecule has 112 valence electrons. The van der Waals surface area contributed by atoms with Crippen LogP contribution < -0.4 is 5.32 Å². The van der Waals surface area contributed by atoms with E-state index in [2.05, 4.69) is 37.9 Å². The summed E-state index contributed by atoms with van der Waals surface area (Å²) < 4.78 is 0. The summed E-state index contributed by atoms with van der Waals surface area (Å²) in [7, 11) is 0. The number of piperidine rings is 1. The summed E-state index contributed by atoms with van der Waals surface area (Å²) in [6.07, 6.45) is 8.23. The van der Waals surface area contributed by atoms with Crippen LogP contribution in [-0.2, 0) is 0 Å². The molecule has 2 unspecified atom stereocenters. The van der Waals surface area contributed by atoms with Crippen molar-refractivity contribution in [1.82, 2.24) is 10.2 Å². The van der Waals surface area contributed by atoms with Gasteiger partial charge in [0.15, 0.2) is 0 Å². The Morgan fingerprint density at radius 1 is 1.11 bits per heavy atom.